The molecule has 1 atom stereocenters. The molecule has 104 valence electrons. The van der Waals surface area contributed by atoms with E-state index in [9.17, 15) is 4.79 Å². The molecule has 0 saturated carbocycles. The van der Waals surface area contributed by atoms with E-state index in [0.717, 1.165) is 30.0 Å². The van der Waals surface area contributed by atoms with Crippen LogP contribution in [0.3, 0.4) is 0 Å². The summed E-state index contributed by atoms with van der Waals surface area (Å²) in [6.07, 6.45) is 1.16. The molecule has 1 aliphatic rings. The molecule has 2 rings (SSSR count). The van der Waals surface area contributed by atoms with Gasteiger partial charge in [0.1, 0.15) is 5.75 Å². The number of ether oxygens (including phenoxy) is 1. The zero-order valence-electron chi connectivity index (χ0n) is 11.8. The Hall–Kier alpha value is -1.55. The van der Waals surface area contributed by atoms with Gasteiger partial charge in [0.2, 0.25) is 0 Å². The highest BCUT2D eigenvalue weighted by atomic mass is 16.5. The summed E-state index contributed by atoms with van der Waals surface area (Å²) in [6.45, 7) is 7.56. The van der Waals surface area contributed by atoms with E-state index in [4.69, 9.17) is 4.74 Å². The molecule has 1 unspecified atom stereocenters. The first-order chi connectivity index (χ1) is 9.04. The van der Waals surface area contributed by atoms with Gasteiger partial charge < -0.3 is 15.4 Å². The minimum Gasteiger partial charge on any atom is -0.482 e. The lowest BCUT2D eigenvalue weighted by atomic mass is 10.0. The summed E-state index contributed by atoms with van der Waals surface area (Å²) < 4.78 is 5.34. The average molecular weight is 262 g/mol. The lowest BCUT2D eigenvalue weighted by molar-refractivity contribution is -0.118. The number of hydrogen-bond acceptors (Lipinski definition) is 3. The fraction of sp³-hybridized carbons (Fsp3) is 0.533. The molecular weight excluding hydrogens is 240 g/mol. The Morgan fingerprint density at radius 1 is 1.37 bits per heavy atom. The van der Waals surface area contributed by atoms with Gasteiger partial charge in [-0.1, -0.05) is 19.9 Å². The molecule has 0 fully saturated rings. The molecule has 4 nitrogen and oxygen atoms in total. The van der Waals surface area contributed by atoms with Crippen LogP contribution in [0.5, 0.6) is 5.75 Å². The maximum Gasteiger partial charge on any atom is 0.262 e. The van der Waals surface area contributed by atoms with Crippen LogP contribution in [0.4, 0.5) is 5.69 Å². The van der Waals surface area contributed by atoms with Crippen molar-refractivity contribution in [2.75, 3.05) is 11.9 Å². The van der Waals surface area contributed by atoms with E-state index in [-0.39, 0.29) is 12.5 Å². The van der Waals surface area contributed by atoms with Crippen molar-refractivity contribution in [3.63, 3.8) is 0 Å². The van der Waals surface area contributed by atoms with Crippen molar-refractivity contribution in [2.24, 2.45) is 5.92 Å². The van der Waals surface area contributed by atoms with Gasteiger partial charge in [-0.25, -0.2) is 0 Å². The first kappa shape index (κ1) is 13.9. The summed E-state index contributed by atoms with van der Waals surface area (Å²) in [6, 6.07) is 6.41. The van der Waals surface area contributed by atoms with Gasteiger partial charge in [-0.2, -0.15) is 0 Å². The summed E-state index contributed by atoms with van der Waals surface area (Å²) in [5, 5.41) is 6.32. The van der Waals surface area contributed by atoms with Crippen LogP contribution in [0.2, 0.25) is 0 Å². The third-order valence-electron chi connectivity index (χ3n) is 3.16. The van der Waals surface area contributed by atoms with Crippen LogP contribution in [0.15, 0.2) is 18.2 Å². The Balaban J connectivity index is 1.94. The fourth-order valence-electron chi connectivity index (χ4n) is 2.32. The van der Waals surface area contributed by atoms with Crippen LogP contribution in [0.25, 0.3) is 0 Å². The Kier molecular flexibility index (Phi) is 4.43. The normalized spacial score (nSPS) is 15.7. The van der Waals surface area contributed by atoms with Crippen molar-refractivity contribution in [2.45, 2.75) is 39.8 Å². The average Bonchev–Trinajstić information content (AvgIpc) is 2.35. The molecule has 4 heteroatoms. The highest BCUT2D eigenvalue weighted by molar-refractivity contribution is 5.95. The summed E-state index contributed by atoms with van der Waals surface area (Å²) in [5.74, 6) is 1.35. The van der Waals surface area contributed by atoms with Crippen LogP contribution in [-0.2, 0) is 11.3 Å². The SMILES string of the molecule is CC(C)CC(C)NCc1ccc2c(c1)NC(=O)CO2. The van der Waals surface area contributed by atoms with Gasteiger partial charge in [-0.15, -0.1) is 0 Å². The largest absolute Gasteiger partial charge is 0.482 e. The third-order valence-corrected chi connectivity index (χ3v) is 3.16. The molecule has 2 N–H and O–H groups in total. The second-order valence-electron chi connectivity index (χ2n) is 5.58. The van der Waals surface area contributed by atoms with Gasteiger partial charge >= 0.3 is 0 Å². The molecule has 19 heavy (non-hydrogen) atoms. The van der Waals surface area contributed by atoms with Crippen molar-refractivity contribution < 1.29 is 9.53 Å². The number of anilines is 1. The lowest BCUT2D eigenvalue weighted by Crippen LogP contribution is -2.28. The van der Waals surface area contributed by atoms with Crippen LogP contribution in [0, 0.1) is 5.92 Å². The first-order valence-corrected chi connectivity index (χ1v) is 6.83. The van der Waals surface area contributed by atoms with E-state index in [1.54, 1.807) is 0 Å². The van der Waals surface area contributed by atoms with Gasteiger partial charge in [-0.05, 0) is 37.0 Å². The van der Waals surface area contributed by atoms with Crippen LogP contribution in [-0.4, -0.2) is 18.6 Å². The maximum atomic E-state index is 11.3. The maximum absolute atomic E-state index is 11.3. The van der Waals surface area contributed by atoms with Crippen LogP contribution < -0.4 is 15.4 Å². The molecule has 0 radical (unpaired) electrons. The van der Waals surface area contributed by atoms with Gasteiger partial charge in [0.25, 0.3) is 5.91 Å². The Labute approximate surface area is 114 Å². The summed E-state index contributed by atoms with van der Waals surface area (Å²) in [7, 11) is 0. The molecule has 0 spiro atoms. The van der Waals surface area contributed by atoms with E-state index in [0.29, 0.717) is 12.0 Å². The zero-order valence-corrected chi connectivity index (χ0v) is 11.8. The summed E-state index contributed by atoms with van der Waals surface area (Å²) >= 11 is 0. The van der Waals surface area contributed by atoms with Gasteiger partial charge in [0.05, 0.1) is 5.69 Å². The van der Waals surface area contributed by atoms with Crippen molar-refractivity contribution in [1.82, 2.24) is 5.32 Å². The number of amides is 1. The number of benzene rings is 1. The van der Waals surface area contributed by atoms with Crippen LogP contribution in [0.1, 0.15) is 32.8 Å². The molecule has 0 aliphatic carbocycles. The number of carbonyl (C=O) groups is 1. The highest BCUT2D eigenvalue weighted by Crippen LogP contribution is 2.28. The smallest absolute Gasteiger partial charge is 0.262 e. The highest BCUT2D eigenvalue weighted by Gasteiger charge is 2.15. The number of hydrogen-bond donors (Lipinski definition) is 2. The lowest BCUT2D eigenvalue weighted by Gasteiger charge is -2.20. The standard InChI is InChI=1S/C15H22N2O2/c1-10(2)6-11(3)16-8-12-4-5-14-13(7-12)17-15(18)9-19-14/h4-5,7,10-11,16H,6,8-9H2,1-3H3,(H,17,18). The molecule has 1 amide bonds. The minimum atomic E-state index is -0.0919. The van der Waals surface area contributed by atoms with Crippen molar-refractivity contribution in [3.8, 4) is 5.75 Å². The minimum absolute atomic E-state index is 0.0919. The van der Waals surface area contributed by atoms with E-state index in [2.05, 4.69) is 31.4 Å². The Morgan fingerprint density at radius 2 is 2.16 bits per heavy atom. The Morgan fingerprint density at radius 3 is 2.89 bits per heavy atom. The van der Waals surface area contributed by atoms with E-state index >= 15 is 0 Å². The van der Waals surface area contributed by atoms with Gasteiger partial charge in [0.15, 0.2) is 6.61 Å². The fourth-order valence-corrected chi connectivity index (χ4v) is 2.32. The number of carbonyl (C=O) groups excluding carboxylic acids is 1. The van der Waals surface area contributed by atoms with Gasteiger partial charge in [0, 0.05) is 12.6 Å². The number of nitrogens with one attached hydrogen (secondary N) is 2. The second-order valence-corrected chi connectivity index (χ2v) is 5.58. The van der Waals surface area contributed by atoms with Gasteiger partial charge in [-0.3, -0.25) is 4.79 Å². The molecule has 0 bridgehead atoms. The topological polar surface area (TPSA) is 50.4 Å². The van der Waals surface area contributed by atoms with E-state index < -0.39 is 0 Å². The number of rotatable bonds is 5. The predicted octanol–water partition coefficient (Wildman–Crippen LogP) is 2.54. The molecule has 1 aliphatic heterocycles. The molecule has 1 heterocycles. The quantitative estimate of drug-likeness (QED) is 0.857. The van der Waals surface area contributed by atoms with Crippen molar-refractivity contribution in [1.29, 1.82) is 0 Å². The third kappa shape index (κ3) is 3.96. The zero-order chi connectivity index (χ0) is 13.8. The molecular formula is C15H22N2O2. The first-order valence-electron chi connectivity index (χ1n) is 6.83. The van der Waals surface area contributed by atoms with E-state index in [1.807, 2.05) is 18.2 Å². The van der Waals surface area contributed by atoms with Crippen molar-refractivity contribution in [3.05, 3.63) is 23.8 Å². The molecule has 1 aromatic rings. The second kappa shape index (κ2) is 6.06. The molecule has 0 aromatic heterocycles. The number of fused-ring (bicyclic) bond motifs is 1. The van der Waals surface area contributed by atoms with Crippen molar-refractivity contribution >= 4 is 11.6 Å². The molecule has 1 aromatic carbocycles. The molecule has 0 saturated heterocycles. The summed E-state index contributed by atoms with van der Waals surface area (Å²) in [4.78, 5) is 11.3. The monoisotopic (exact) mass is 262 g/mol. The van der Waals surface area contributed by atoms with Crippen LogP contribution >= 0.6 is 0 Å². The Bertz CT molecular complexity index is 457. The summed E-state index contributed by atoms with van der Waals surface area (Å²) in [5.41, 5.74) is 1.92. The predicted molar refractivity (Wildman–Crippen MR) is 76.3 cm³/mol. The van der Waals surface area contributed by atoms with E-state index in [1.165, 1.54) is 0 Å².